The molecular weight excluding hydrogens is 560 g/mol. The van der Waals surface area contributed by atoms with Gasteiger partial charge in [0.05, 0.1) is 0 Å². The van der Waals surface area contributed by atoms with Crippen LogP contribution in [0, 0.1) is 0 Å². The fourth-order valence-corrected chi connectivity index (χ4v) is 7.24. The minimum absolute atomic E-state index is 0.878. The third-order valence-corrected chi connectivity index (χ3v) is 9.41. The lowest BCUT2D eigenvalue weighted by Crippen LogP contribution is -1.99. The molecule has 2 nitrogen and oxygen atoms in total. The standard InChI is InChI=1S/C44H26O2/c1-3-9-27(10-4-1)33-21-31-13-7-15-35-37-23-29(17-19-39(37)45-41(25-33)43(31)35)30-18-20-40-38(24-30)36-16-8-14-32-22-34(26-42(46-40)44(32)36)28-11-5-2-6-12-28/h1-26H. The number of benzene rings is 8. The third kappa shape index (κ3) is 3.84. The average molecular weight is 587 g/mol. The van der Waals surface area contributed by atoms with E-state index >= 15 is 0 Å². The number of hydrogen-bond donors (Lipinski definition) is 0. The first-order valence-corrected chi connectivity index (χ1v) is 15.7. The smallest absolute Gasteiger partial charge is 0.136 e. The Balaban J connectivity index is 1.08. The van der Waals surface area contributed by atoms with E-state index < -0.39 is 0 Å². The third-order valence-electron chi connectivity index (χ3n) is 9.41. The fraction of sp³-hybridized carbons (Fsp3) is 0. The molecule has 214 valence electrons. The van der Waals surface area contributed by atoms with Crippen LogP contribution in [0.1, 0.15) is 0 Å². The van der Waals surface area contributed by atoms with Gasteiger partial charge in [0.2, 0.25) is 0 Å². The van der Waals surface area contributed by atoms with Crippen molar-refractivity contribution in [3.8, 4) is 78.6 Å². The van der Waals surface area contributed by atoms with E-state index in [-0.39, 0.29) is 0 Å². The zero-order valence-corrected chi connectivity index (χ0v) is 24.8. The quantitative estimate of drug-likeness (QED) is 0.205. The van der Waals surface area contributed by atoms with Crippen molar-refractivity contribution in [2.24, 2.45) is 0 Å². The van der Waals surface area contributed by atoms with Crippen molar-refractivity contribution in [1.82, 2.24) is 0 Å². The molecule has 0 radical (unpaired) electrons. The van der Waals surface area contributed by atoms with E-state index in [1.54, 1.807) is 0 Å². The van der Waals surface area contributed by atoms with Gasteiger partial charge >= 0.3 is 0 Å². The van der Waals surface area contributed by atoms with Gasteiger partial charge in [-0.15, -0.1) is 0 Å². The number of fused-ring (bicyclic) bond motifs is 4. The number of ether oxygens (including phenoxy) is 2. The van der Waals surface area contributed by atoms with E-state index in [0.29, 0.717) is 0 Å². The summed E-state index contributed by atoms with van der Waals surface area (Å²) in [5, 5.41) is 4.67. The second-order valence-corrected chi connectivity index (χ2v) is 12.1. The van der Waals surface area contributed by atoms with E-state index in [1.807, 2.05) is 12.1 Å². The predicted octanol–water partition coefficient (Wildman–Crippen LogP) is 12.5. The van der Waals surface area contributed by atoms with Crippen LogP contribution in [0.15, 0.2) is 158 Å². The molecular formula is C44H26O2. The molecule has 8 aromatic rings. The Kier molecular flexibility index (Phi) is 5.31. The van der Waals surface area contributed by atoms with E-state index in [9.17, 15) is 0 Å². The van der Waals surface area contributed by atoms with Crippen LogP contribution in [0.25, 0.3) is 77.2 Å². The Labute approximate surface area is 266 Å². The normalized spacial score (nSPS) is 12.3. The molecule has 0 amide bonds. The summed E-state index contributed by atoms with van der Waals surface area (Å²) < 4.78 is 13.2. The van der Waals surface area contributed by atoms with Crippen LogP contribution in [0.4, 0.5) is 0 Å². The summed E-state index contributed by atoms with van der Waals surface area (Å²) >= 11 is 0. The second-order valence-electron chi connectivity index (χ2n) is 12.1. The molecule has 2 heteroatoms. The minimum Gasteiger partial charge on any atom is -0.456 e. The van der Waals surface area contributed by atoms with Gasteiger partial charge in [-0.1, -0.05) is 109 Å². The van der Waals surface area contributed by atoms with Crippen molar-refractivity contribution >= 4 is 21.5 Å². The Hall–Kier alpha value is -6.12. The van der Waals surface area contributed by atoms with Crippen LogP contribution in [-0.4, -0.2) is 0 Å². The zero-order valence-electron chi connectivity index (χ0n) is 24.8. The van der Waals surface area contributed by atoms with Gasteiger partial charge in [-0.3, -0.25) is 0 Å². The second kappa shape index (κ2) is 9.69. The van der Waals surface area contributed by atoms with Gasteiger partial charge in [0.1, 0.15) is 23.0 Å². The minimum atomic E-state index is 0.878. The molecule has 0 aliphatic carbocycles. The Bertz CT molecular complexity index is 2330. The highest BCUT2D eigenvalue weighted by Gasteiger charge is 2.24. The SMILES string of the molecule is c1ccc(-c2cc3c4c(cccc4c2)-c2cc(-c4ccc5c(c4)-c4cccc6cc(-c7ccccc7)cc(c46)O5)ccc2O3)cc1. The van der Waals surface area contributed by atoms with Crippen LogP contribution in [0.5, 0.6) is 23.0 Å². The number of rotatable bonds is 3. The summed E-state index contributed by atoms with van der Waals surface area (Å²) in [4.78, 5) is 0. The van der Waals surface area contributed by atoms with Crippen LogP contribution >= 0.6 is 0 Å². The maximum atomic E-state index is 6.59. The van der Waals surface area contributed by atoms with Gasteiger partial charge in [-0.05, 0) is 104 Å². The highest BCUT2D eigenvalue weighted by Crippen LogP contribution is 2.51. The van der Waals surface area contributed by atoms with Crippen LogP contribution in [0.3, 0.4) is 0 Å². The van der Waals surface area contributed by atoms with E-state index in [2.05, 4.69) is 146 Å². The number of hydrogen-bond acceptors (Lipinski definition) is 2. The van der Waals surface area contributed by atoms with Crippen LogP contribution in [-0.2, 0) is 0 Å². The summed E-state index contributed by atoms with van der Waals surface area (Å²) in [6.07, 6.45) is 0. The summed E-state index contributed by atoms with van der Waals surface area (Å²) in [7, 11) is 0. The molecule has 2 aliphatic rings. The molecule has 2 aliphatic heterocycles. The molecule has 10 rings (SSSR count). The summed E-state index contributed by atoms with van der Waals surface area (Å²) in [5.74, 6) is 3.56. The first kappa shape index (κ1) is 25.2. The van der Waals surface area contributed by atoms with Gasteiger partial charge in [0.25, 0.3) is 0 Å². The monoisotopic (exact) mass is 586 g/mol. The van der Waals surface area contributed by atoms with Crippen molar-refractivity contribution in [3.63, 3.8) is 0 Å². The molecule has 2 heterocycles. The zero-order chi connectivity index (χ0) is 30.2. The van der Waals surface area contributed by atoms with Crippen LogP contribution in [0.2, 0.25) is 0 Å². The lowest BCUT2D eigenvalue weighted by Gasteiger charge is -2.24. The van der Waals surface area contributed by atoms with E-state index in [4.69, 9.17) is 9.47 Å². The first-order valence-electron chi connectivity index (χ1n) is 15.7. The topological polar surface area (TPSA) is 18.5 Å². The van der Waals surface area contributed by atoms with Crippen molar-refractivity contribution in [2.75, 3.05) is 0 Å². The molecule has 0 N–H and O–H groups in total. The summed E-state index contributed by atoms with van der Waals surface area (Å²) in [6.45, 7) is 0. The largest absolute Gasteiger partial charge is 0.456 e. The molecule has 0 atom stereocenters. The molecule has 0 spiro atoms. The molecule has 0 saturated heterocycles. The Morgan fingerprint density at radius 3 is 1.17 bits per heavy atom. The maximum absolute atomic E-state index is 6.59. The van der Waals surface area contributed by atoms with Crippen molar-refractivity contribution in [1.29, 1.82) is 0 Å². The molecule has 0 fully saturated rings. The predicted molar refractivity (Wildman–Crippen MR) is 189 cm³/mol. The Morgan fingerprint density at radius 1 is 0.261 bits per heavy atom. The molecule has 0 unspecified atom stereocenters. The molecule has 46 heavy (non-hydrogen) atoms. The van der Waals surface area contributed by atoms with Gasteiger partial charge in [0.15, 0.2) is 0 Å². The van der Waals surface area contributed by atoms with E-state index in [1.165, 1.54) is 33.0 Å². The summed E-state index contributed by atoms with van der Waals surface area (Å²) in [6, 6.07) is 56.0. The van der Waals surface area contributed by atoms with E-state index in [0.717, 1.165) is 67.2 Å². The van der Waals surface area contributed by atoms with Gasteiger partial charge in [0, 0.05) is 21.9 Å². The molecule has 0 saturated carbocycles. The molecule has 0 bridgehead atoms. The highest BCUT2D eigenvalue weighted by molar-refractivity contribution is 6.08. The maximum Gasteiger partial charge on any atom is 0.136 e. The lowest BCUT2D eigenvalue weighted by atomic mass is 9.89. The molecule has 0 aromatic heterocycles. The van der Waals surface area contributed by atoms with Gasteiger partial charge < -0.3 is 9.47 Å². The fourth-order valence-electron chi connectivity index (χ4n) is 7.24. The van der Waals surface area contributed by atoms with Crippen molar-refractivity contribution in [2.45, 2.75) is 0 Å². The van der Waals surface area contributed by atoms with Gasteiger partial charge in [-0.25, -0.2) is 0 Å². The highest BCUT2D eigenvalue weighted by atomic mass is 16.5. The lowest BCUT2D eigenvalue weighted by molar-refractivity contribution is 0.487. The van der Waals surface area contributed by atoms with Crippen LogP contribution < -0.4 is 9.47 Å². The average Bonchev–Trinajstić information content (AvgIpc) is 3.12. The van der Waals surface area contributed by atoms with Crippen molar-refractivity contribution in [3.05, 3.63) is 158 Å². The summed E-state index contributed by atoms with van der Waals surface area (Å²) in [5.41, 5.74) is 11.6. The molecule has 8 aromatic carbocycles. The first-order chi connectivity index (χ1) is 22.8. The van der Waals surface area contributed by atoms with Gasteiger partial charge in [-0.2, -0.15) is 0 Å². The van der Waals surface area contributed by atoms with Crippen molar-refractivity contribution < 1.29 is 9.47 Å². The Morgan fingerprint density at radius 2 is 0.717 bits per heavy atom.